The van der Waals surface area contributed by atoms with Crippen LogP contribution < -0.4 is 4.74 Å². The van der Waals surface area contributed by atoms with Crippen LogP contribution in [0.25, 0.3) is 11.0 Å². The largest absolute Gasteiger partial charge is 0.457 e. The lowest BCUT2D eigenvalue weighted by Gasteiger charge is -2.09. The molecular weight excluding hydrogens is 308 g/mol. The number of fused-ring (bicyclic) bond motifs is 1. The summed E-state index contributed by atoms with van der Waals surface area (Å²) in [5.41, 5.74) is 4.62. The van der Waals surface area contributed by atoms with E-state index in [4.69, 9.17) is 4.74 Å². The summed E-state index contributed by atoms with van der Waals surface area (Å²) < 4.78 is 8.17. The van der Waals surface area contributed by atoms with Gasteiger partial charge in [-0.05, 0) is 61.4 Å². The molecule has 0 aliphatic heterocycles. The van der Waals surface area contributed by atoms with E-state index in [1.165, 1.54) is 16.6 Å². The fourth-order valence-electron chi connectivity index (χ4n) is 3.06. The van der Waals surface area contributed by atoms with E-state index in [0.29, 0.717) is 0 Å². The Balaban J connectivity index is 1.55. The Bertz CT molecular complexity index is 1020. The van der Waals surface area contributed by atoms with Crippen LogP contribution >= 0.6 is 0 Å². The van der Waals surface area contributed by atoms with Crippen molar-refractivity contribution in [3.05, 3.63) is 89.7 Å². The molecular formula is C22H20N2O. The number of benzene rings is 3. The van der Waals surface area contributed by atoms with Gasteiger partial charge in [0.05, 0.1) is 11.0 Å². The first-order valence-electron chi connectivity index (χ1n) is 8.44. The smallest absolute Gasteiger partial charge is 0.127 e. The number of aromatic nitrogens is 2. The topological polar surface area (TPSA) is 27.1 Å². The highest BCUT2D eigenvalue weighted by atomic mass is 16.5. The van der Waals surface area contributed by atoms with Crippen LogP contribution in [-0.4, -0.2) is 9.55 Å². The highest BCUT2D eigenvalue weighted by molar-refractivity contribution is 5.75. The number of ether oxygens (including phenoxy) is 1. The van der Waals surface area contributed by atoms with E-state index < -0.39 is 0 Å². The molecule has 25 heavy (non-hydrogen) atoms. The summed E-state index contributed by atoms with van der Waals surface area (Å²) in [5, 5.41) is 0. The molecule has 1 heterocycles. The molecule has 1 aromatic heterocycles. The number of nitrogens with zero attached hydrogens (tertiary/aromatic N) is 2. The molecule has 3 heteroatoms. The monoisotopic (exact) mass is 328 g/mol. The highest BCUT2D eigenvalue weighted by Crippen LogP contribution is 2.23. The van der Waals surface area contributed by atoms with E-state index in [1.54, 1.807) is 0 Å². The number of rotatable bonds is 4. The summed E-state index contributed by atoms with van der Waals surface area (Å²) >= 11 is 0. The first-order valence-corrected chi connectivity index (χ1v) is 8.44. The van der Waals surface area contributed by atoms with E-state index >= 15 is 0 Å². The Labute approximate surface area is 147 Å². The van der Waals surface area contributed by atoms with E-state index in [9.17, 15) is 0 Å². The summed E-state index contributed by atoms with van der Waals surface area (Å²) in [6, 6.07) is 24.6. The maximum Gasteiger partial charge on any atom is 0.127 e. The summed E-state index contributed by atoms with van der Waals surface area (Å²) in [6.07, 6.45) is 0. The summed E-state index contributed by atoms with van der Waals surface area (Å²) in [7, 11) is 0. The van der Waals surface area contributed by atoms with Crippen molar-refractivity contribution in [1.29, 1.82) is 0 Å². The van der Waals surface area contributed by atoms with Crippen molar-refractivity contribution in [2.45, 2.75) is 20.4 Å². The van der Waals surface area contributed by atoms with Gasteiger partial charge in [-0.3, -0.25) is 0 Å². The molecule has 0 N–H and O–H groups in total. The highest BCUT2D eigenvalue weighted by Gasteiger charge is 2.07. The molecule has 0 aliphatic rings. The van der Waals surface area contributed by atoms with E-state index in [1.807, 2.05) is 36.4 Å². The minimum Gasteiger partial charge on any atom is -0.457 e. The Morgan fingerprint density at radius 2 is 1.64 bits per heavy atom. The summed E-state index contributed by atoms with van der Waals surface area (Å²) in [6.45, 7) is 4.92. The predicted molar refractivity (Wildman–Crippen MR) is 101 cm³/mol. The van der Waals surface area contributed by atoms with Crippen LogP contribution in [0.4, 0.5) is 0 Å². The van der Waals surface area contributed by atoms with Crippen molar-refractivity contribution in [2.75, 3.05) is 0 Å². The van der Waals surface area contributed by atoms with Gasteiger partial charge in [0.25, 0.3) is 0 Å². The molecule has 0 saturated heterocycles. The van der Waals surface area contributed by atoms with Gasteiger partial charge in [0, 0.05) is 6.54 Å². The first kappa shape index (κ1) is 15.5. The molecule has 124 valence electrons. The maximum atomic E-state index is 5.92. The molecule has 3 aromatic carbocycles. The van der Waals surface area contributed by atoms with Crippen molar-refractivity contribution in [3.8, 4) is 11.5 Å². The Kier molecular flexibility index (Phi) is 3.98. The molecule has 0 bridgehead atoms. The standard InChI is InChI=1S/C22H20N2O/c1-16-6-5-7-20(14-16)25-19-12-10-18(11-13-19)15-24-17(2)23-21-8-3-4-9-22(21)24/h3-14H,15H2,1-2H3. The summed E-state index contributed by atoms with van der Waals surface area (Å²) in [5.74, 6) is 2.74. The minimum absolute atomic E-state index is 0.803. The zero-order valence-electron chi connectivity index (χ0n) is 14.4. The van der Waals surface area contributed by atoms with Crippen molar-refractivity contribution in [1.82, 2.24) is 9.55 Å². The lowest BCUT2D eigenvalue weighted by Crippen LogP contribution is -2.01. The first-order chi connectivity index (χ1) is 12.2. The third kappa shape index (κ3) is 3.26. The Morgan fingerprint density at radius 3 is 2.44 bits per heavy atom. The van der Waals surface area contributed by atoms with Gasteiger partial charge in [0.15, 0.2) is 0 Å². The third-order valence-electron chi connectivity index (χ3n) is 4.33. The second-order valence-corrected chi connectivity index (χ2v) is 6.30. The van der Waals surface area contributed by atoms with Gasteiger partial charge in [-0.1, -0.05) is 36.4 Å². The van der Waals surface area contributed by atoms with Gasteiger partial charge in [-0.2, -0.15) is 0 Å². The quantitative estimate of drug-likeness (QED) is 0.495. The van der Waals surface area contributed by atoms with Crippen molar-refractivity contribution >= 4 is 11.0 Å². The van der Waals surface area contributed by atoms with Crippen LogP contribution in [0.3, 0.4) is 0 Å². The number of aryl methyl sites for hydroxylation is 2. The van der Waals surface area contributed by atoms with Crippen molar-refractivity contribution in [2.24, 2.45) is 0 Å². The van der Waals surface area contributed by atoms with Crippen LogP contribution in [0.2, 0.25) is 0 Å². The van der Waals surface area contributed by atoms with Crippen molar-refractivity contribution in [3.63, 3.8) is 0 Å². The zero-order chi connectivity index (χ0) is 17.2. The van der Waals surface area contributed by atoms with Gasteiger partial charge in [0.1, 0.15) is 17.3 Å². The van der Waals surface area contributed by atoms with Crippen molar-refractivity contribution < 1.29 is 4.74 Å². The normalized spacial score (nSPS) is 11.0. The van der Waals surface area contributed by atoms with Crippen LogP contribution in [-0.2, 0) is 6.54 Å². The van der Waals surface area contributed by atoms with Gasteiger partial charge in [-0.15, -0.1) is 0 Å². The number of hydrogen-bond donors (Lipinski definition) is 0. The van der Waals surface area contributed by atoms with E-state index in [2.05, 4.69) is 59.8 Å². The number of para-hydroxylation sites is 2. The molecule has 0 spiro atoms. The van der Waals surface area contributed by atoms with Gasteiger partial charge < -0.3 is 9.30 Å². The molecule has 0 radical (unpaired) electrons. The van der Waals surface area contributed by atoms with Crippen LogP contribution in [0.5, 0.6) is 11.5 Å². The average molecular weight is 328 g/mol. The predicted octanol–water partition coefficient (Wildman–Crippen LogP) is 5.49. The minimum atomic E-state index is 0.803. The average Bonchev–Trinajstić information content (AvgIpc) is 2.92. The maximum absolute atomic E-state index is 5.92. The fourth-order valence-corrected chi connectivity index (χ4v) is 3.06. The molecule has 4 aromatic rings. The molecule has 0 unspecified atom stereocenters. The van der Waals surface area contributed by atoms with E-state index in [-0.39, 0.29) is 0 Å². The Morgan fingerprint density at radius 1 is 0.840 bits per heavy atom. The molecule has 0 atom stereocenters. The van der Waals surface area contributed by atoms with Gasteiger partial charge in [0.2, 0.25) is 0 Å². The van der Waals surface area contributed by atoms with E-state index in [0.717, 1.165) is 29.4 Å². The van der Waals surface area contributed by atoms with Crippen LogP contribution in [0, 0.1) is 13.8 Å². The second kappa shape index (κ2) is 6.44. The molecule has 3 nitrogen and oxygen atoms in total. The zero-order valence-corrected chi connectivity index (χ0v) is 14.4. The molecule has 0 fully saturated rings. The number of imidazole rings is 1. The summed E-state index contributed by atoms with van der Waals surface area (Å²) in [4.78, 5) is 4.63. The third-order valence-corrected chi connectivity index (χ3v) is 4.33. The van der Waals surface area contributed by atoms with Crippen LogP contribution in [0.15, 0.2) is 72.8 Å². The lowest BCUT2D eigenvalue weighted by molar-refractivity contribution is 0.482. The molecule has 0 amide bonds. The van der Waals surface area contributed by atoms with Gasteiger partial charge >= 0.3 is 0 Å². The van der Waals surface area contributed by atoms with Gasteiger partial charge in [-0.25, -0.2) is 4.98 Å². The fraction of sp³-hybridized carbons (Fsp3) is 0.136. The molecule has 4 rings (SSSR count). The second-order valence-electron chi connectivity index (χ2n) is 6.30. The molecule has 0 saturated carbocycles. The number of hydrogen-bond acceptors (Lipinski definition) is 2. The SMILES string of the molecule is Cc1cccc(Oc2ccc(Cn3c(C)nc4ccccc43)cc2)c1. The van der Waals surface area contributed by atoms with Crippen LogP contribution in [0.1, 0.15) is 17.0 Å². The molecule has 0 aliphatic carbocycles. The lowest BCUT2D eigenvalue weighted by atomic mass is 10.2. The Hall–Kier alpha value is -3.07.